The van der Waals surface area contributed by atoms with Gasteiger partial charge < -0.3 is 5.73 Å². The molecule has 3 aromatic rings. The molecular formula is C24H16BrN5O2S. The number of halogens is 1. The van der Waals surface area contributed by atoms with E-state index in [1.54, 1.807) is 36.4 Å². The first kappa shape index (κ1) is 22.5. The highest BCUT2D eigenvalue weighted by Gasteiger charge is 2.41. The fourth-order valence-corrected chi connectivity index (χ4v) is 4.97. The maximum Gasteiger partial charge on any atom is 0.247 e. The molecule has 1 aliphatic rings. The van der Waals surface area contributed by atoms with Crippen LogP contribution < -0.4 is 10.6 Å². The van der Waals surface area contributed by atoms with Gasteiger partial charge in [-0.3, -0.25) is 9.59 Å². The molecule has 4 rings (SSSR count). The third-order valence-corrected chi connectivity index (χ3v) is 6.90. The van der Waals surface area contributed by atoms with E-state index in [1.807, 2.05) is 25.1 Å². The summed E-state index contributed by atoms with van der Waals surface area (Å²) >= 11 is 4.36. The third-order valence-electron chi connectivity index (χ3n) is 5.20. The van der Waals surface area contributed by atoms with Crippen molar-refractivity contribution in [2.75, 3.05) is 10.6 Å². The van der Waals surface area contributed by atoms with E-state index in [4.69, 9.17) is 5.73 Å². The first-order chi connectivity index (χ1) is 15.8. The number of imide groups is 1. The molecule has 0 radical (unpaired) electrons. The van der Waals surface area contributed by atoms with Crippen LogP contribution in [-0.4, -0.2) is 22.0 Å². The highest BCUT2D eigenvalue weighted by atomic mass is 79.9. The van der Waals surface area contributed by atoms with E-state index in [0.717, 1.165) is 26.7 Å². The van der Waals surface area contributed by atoms with Crippen molar-refractivity contribution in [3.05, 3.63) is 69.7 Å². The van der Waals surface area contributed by atoms with Crippen LogP contribution in [0.25, 0.3) is 11.1 Å². The molecule has 33 heavy (non-hydrogen) atoms. The van der Waals surface area contributed by atoms with Crippen LogP contribution in [0, 0.1) is 29.6 Å². The molecule has 1 saturated heterocycles. The van der Waals surface area contributed by atoms with E-state index >= 15 is 0 Å². The molecule has 1 aromatic heterocycles. The molecule has 9 heteroatoms. The van der Waals surface area contributed by atoms with Gasteiger partial charge in [-0.2, -0.15) is 10.5 Å². The monoisotopic (exact) mass is 517 g/mol. The number of rotatable bonds is 4. The standard InChI is InChI=1S/C24H16BrN5O2S/c1-13-2-4-14(5-3-13)21-17(11-26)22(28)29-23(18(21)12-27)33-19-10-20(31)30(24(19)32)16-8-6-15(25)7-9-16/h2-9,19H,10H2,1H3,(H2,28,29). The number of amides is 2. The lowest BCUT2D eigenvalue weighted by Crippen LogP contribution is -2.31. The van der Waals surface area contributed by atoms with E-state index in [1.165, 1.54) is 0 Å². The summed E-state index contributed by atoms with van der Waals surface area (Å²) in [6.45, 7) is 1.93. The van der Waals surface area contributed by atoms with Crippen LogP contribution in [-0.2, 0) is 9.59 Å². The Morgan fingerprint density at radius 2 is 1.70 bits per heavy atom. The number of nitrogen functional groups attached to an aromatic ring is 1. The SMILES string of the molecule is Cc1ccc(-c2c(C#N)c(N)nc(SC3CC(=O)N(c4ccc(Br)cc4)C3=O)c2C#N)cc1. The highest BCUT2D eigenvalue weighted by Crippen LogP contribution is 2.40. The number of nitrogens with zero attached hydrogens (tertiary/aromatic N) is 4. The number of thioether (sulfide) groups is 1. The number of benzene rings is 2. The van der Waals surface area contributed by atoms with Crippen molar-refractivity contribution in [2.45, 2.75) is 23.6 Å². The van der Waals surface area contributed by atoms with Gasteiger partial charge in [-0.15, -0.1) is 0 Å². The molecule has 162 valence electrons. The number of aryl methyl sites for hydroxylation is 1. The first-order valence-electron chi connectivity index (χ1n) is 9.83. The number of pyridine rings is 1. The van der Waals surface area contributed by atoms with E-state index in [9.17, 15) is 20.1 Å². The lowest BCUT2D eigenvalue weighted by molar-refractivity contribution is -0.121. The fourth-order valence-electron chi connectivity index (χ4n) is 3.58. The highest BCUT2D eigenvalue weighted by molar-refractivity contribution is 9.10. The second kappa shape index (κ2) is 9.07. The van der Waals surface area contributed by atoms with Gasteiger partial charge in [0, 0.05) is 16.5 Å². The molecule has 0 saturated carbocycles. The minimum Gasteiger partial charge on any atom is -0.383 e. The zero-order valence-electron chi connectivity index (χ0n) is 17.4. The van der Waals surface area contributed by atoms with Crippen LogP contribution in [0.15, 0.2) is 58.0 Å². The van der Waals surface area contributed by atoms with E-state index < -0.39 is 11.2 Å². The quantitative estimate of drug-likeness (QED) is 0.502. The van der Waals surface area contributed by atoms with Crippen molar-refractivity contribution < 1.29 is 9.59 Å². The summed E-state index contributed by atoms with van der Waals surface area (Å²) in [6, 6.07) is 18.4. The molecule has 2 amide bonds. The minimum atomic E-state index is -0.765. The molecule has 0 aliphatic carbocycles. The number of anilines is 2. The second-order valence-corrected chi connectivity index (χ2v) is 9.48. The minimum absolute atomic E-state index is 0.0314. The number of nitrogens with two attached hydrogens (primary N) is 1. The molecule has 1 unspecified atom stereocenters. The maximum atomic E-state index is 13.1. The predicted molar refractivity (Wildman–Crippen MR) is 129 cm³/mol. The van der Waals surface area contributed by atoms with Crippen LogP contribution in [0.4, 0.5) is 11.5 Å². The Morgan fingerprint density at radius 3 is 2.30 bits per heavy atom. The maximum absolute atomic E-state index is 13.1. The van der Waals surface area contributed by atoms with E-state index in [-0.39, 0.29) is 34.3 Å². The molecule has 1 fully saturated rings. The lowest BCUT2D eigenvalue weighted by Gasteiger charge is -2.16. The summed E-state index contributed by atoms with van der Waals surface area (Å²) in [5.41, 5.74) is 8.84. The Kier molecular flexibility index (Phi) is 6.19. The van der Waals surface area contributed by atoms with Gasteiger partial charge >= 0.3 is 0 Å². The Bertz CT molecular complexity index is 1360. The van der Waals surface area contributed by atoms with Crippen LogP contribution >= 0.6 is 27.7 Å². The zero-order chi connectivity index (χ0) is 23.7. The topological polar surface area (TPSA) is 124 Å². The van der Waals surface area contributed by atoms with Gasteiger partial charge in [0.05, 0.1) is 16.5 Å². The normalized spacial score (nSPS) is 15.4. The van der Waals surface area contributed by atoms with E-state index in [2.05, 4.69) is 27.0 Å². The first-order valence-corrected chi connectivity index (χ1v) is 11.5. The smallest absolute Gasteiger partial charge is 0.247 e. The number of aromatic nitrogens is 1. The molecule has 0 bridgehead atoms. The van der Waals surface area contributed by atoms with Crippen molar-refractivity contribution >= 4 is 51.0 Å². The molecule has 2 N–H and O–H groups in total. The van der Waals surface area contributed by atoms with Gasteiger partial charge in [0.25, 0.3) is 0 Å². The Morgan fingerprint density at radius 1 is 1.06 bits per heavy atom. The second-order valence-electron chi connectivity index (χ2n) is 7.37. The van der Waals surface area contributed by atoms with Gasteiger partial charge in [0.2, 0.25) is 11.8 Å². The van der Waals surface area contributed by atoms with Crippen LogP contribution in [0.1, 0.15) is 23.1 Å². The average Bonchev–Trinajstić information content (AvgIpc) is 3.07. The number of hydrogen-bond donors (Lipinski definition) is 1. The molecule has 2 heterocycles. The van der Waals surface area contributed by atoms with Crippen LogP contribution in [0.3, 0.4) is 0 Å². The van der Waals surface area contributed by atoms with Crippen molar-refractivity contribution in [1.82, 2.24) is 4.98 Å². The van der Waals surface area contributed by atoms with Crippen LogP contribution in [0.2, 0.25) is 0 Å². The van der Waals surface area contributed by atoms with Gasteiger partial charge in [0.1, 0.15) is 28.5 Å². The summed E-state index contributed by atoms with van der Waals surface area (Å²) in [5.74, 6) is -0.757. The van der Waals surface area contributed by atoms with Gasteiger partial charge in [0.15, 0.2) is 0 Å². The summed E-state index contributed by atoms with van der Waals surface area (Å²) in [5, 5.41) is 19.1. The van der Waals surface area contributed by atoms with Gasteiger partial charge in [-0.1, -0.05) is 57.5 Å². The third kappa shape index (κ3) is 4.21. The van der Waals surface area contributed by atoms with Crippen LogP contribution in [0.5, 0.6) is 0 Å². The molecule has 0 spiro atoms. The lowest BCUT2D eigenvalue weighted by atomic mass is 9.96. The zero-order valence-corrected chi connectivity index (χ0v) is 19.8. The van der Waals surface area contributed by atoms with Crippen molar-refractivity contribution in [2.24, 2.45) is 0 Å². The molecule has 2 aromatic carbocycles. The van der Waals surface area contributed by atoms with Gasteiger partial charge in [-0.05, 0) is 36.8 Å². The number of carbonyl (C=O) groups excluding carboxylic acids is 2. The summed E-state index contributed by atoms with van der Waals surface area (Å²) in [4.78, 5) is 31.1. The fraction of sp³-hybridized carbons (Fsp3) is 0.125. The van der Waals surface area contributed by atoms with Crippen molar-refractivity contribution in [3.8, 4) is 23.3 Å². The molecule has 7 nitrogen and oxygen atoms in total. The Hall–Kier alpha value is -3.66. The molecular weight excluding hydrogens is 502 g/mol. The van der Waals surface area contributed by atoms with Crippen molar-refractivity contribution in [3.63, 3.8) is 0 Å². The number of hydrogen-bond acceptors (Lipinski definition) is 7. The summed E-state index contributed by atoms with van der Waals surface area (Å²) < 4.78 is 0.829. The number of carbonyl (C=O) groups is 2. The van der Waals surface area contributed by atoms with E-state index in [0.29, 0.717) is 16.8 Å². The molecule has 1 atom stereocenters. The summed E-state index contributed by atoms with van der Waals surface area (Å²) in [7, 11) is 0. The average molecular weight is 518 g/mol. The molecule has 1 aliphatic heterocycles. The Labute approximate surface area is 203 Å². The number of nitriles is 2. The predicted octanol–water partition coefficient (Wildman–Crippen LogP) is 4.57. The Balaban J connectivity index is 1.74. The van der Waals surface area contributed by atoms with Crippen molar-refractivity contribution in [1.29, 1.82) is 10.5 Å². The summed E-state index contributed by atoms with van der Waals surface area (Å²) in [6.07, 6.45) is -0.0358. The largest absolute Gasteiger partial charge is 0.383 e. The van der Waals surface area contributed by atoms with Gasteiger partial charge in [-0.25, -0.2) is 9.88 Å².